The van der Waals surface area contributed by atoms with Gasteiger partial charge < -0.3 is 14.8 Å². The zero-order valence-corrected chi connectivity index (χ0v) is 9.95. The molecule has 0 bridgehead atoms. The first-order valence-corrected chi connectivity index (χ1v) is 5.39. The number of nitriles is 1. The average Bonchev–Trinajstić information content (AvgIpc) is 2.15. The Hall–Kier alpha value is -1.28. The van der Waals surface area contributed by atoms with Crippen LogP contribution in [0.3, 0.4) is 0 Å². The molecule has 0 aliphatic carbocycles. The summed E-state index contributed by atoms with van der Waals surface area (Å²) in [5.74, 6) is -0.193. The highest BCUT2D eigenvalue weighted by Gasteiger charge is 2.28. The van der Waals surface area contributed by atoms with E-state index in [9.17, 15) is 4.79 Å². The van der Waals surface area contributed by atoms with Crippen LogP contribution in [0.4, 0.5) is 4.79 Å². The lowest BCUT2D eigenvalue weighted by molar-refractivity contribution is 0.0261. The van der Waals surface area contributed by atoms with E-state index in [-0.39, 0.29) is 12.0 Å². The molecular weight excluding hydrogens is 208 g/mol. The van der Waals surface area contributed by atoms with E-state index in [0.29, 0.717) is 19.6 Å². The molecule has 0 radical (unpaired) electrons. The van der Waals surface area contributed by atoms with E-state index < -0.39 is 11.7 Å². The van der Waals surface area contributed by atoms with Crippen molar-refractivity contribution < 1.29 is 14.3 Å². The van der Waals surface area contributed by atoms with Gasteiger partial charge in [-0.25, -0.2) is 4.79 Å². The second-order valence-electron chi connectivity index (χ2n) is 4.85. The number of rotatable bonds is 1. The van der Waals surface area contributed by atoms with E-state index >= 15 is 0 Å². The second kappa shape index (κ2) is 5.17. The summed E-state index contributed by atoms with van der Waals surface area (Å²) in [7, 11) is 0. The molecule has 90 valence electrons. The summed E-state index contributed by atoms with van der Waals surface area (Å²) in [6.45, 7) is 6.34. The summed E-state index contributed by atoms with van der Waals surface area (Å²) >= 11 is 0. The minimum atomic E-state index is -0.526. The maximum Gasteiger partial charge on any atom is 0.407 e. The van der Waals surface area contributed by atoms with Gasteiger partial charge in [0.1, 0.15) is 5.60 Å². The molecule has 1 aliphatic heterocycles. The van der Waals surface area contributed by atoms with Gasteiger partial charge in [-0.3, -0.25) is 0 Å². The lowest BCUT2D eigenvalue weighted by Crippen LogP contribution is -2.47. The van der Waals surface area contributed by atoms with Crippen LogP contribution in [0.15, 0.2) is 0 Å². The highest BCUT2D eigenvalue weighted by molar-refractivity contribution is 5.68. The number of hydrogen-bond acceptors (Lipinski definition) is 4. The van der Waals surface area contributed by atoms with Gasteiger partial charge in [0, 0.05) is 6.61 Å². The van der Waals surface area contributed by atoms with Crippen molar-refractivity contribution in [1.29, 1.82) is 5.26 Å². The molecule has 0 unspecified atom stereocenters. The topological polar surface area (TPSA) is 71.3 Å². The fourth-order valence-electron chi connectivity index (χ4n) is 1.49. The minimum absolute atomic E-state index is 0.193. The van der Waals surface area contributed by atoms with Crippen LogP contribution in [0.5, 0.6) is 0 Å². The van der Waals surface area contributed by atoms with Crippen molar-refractivity contribution in [2.45, 2.75) is 38.8 Å². The summed E-state index contributed by atoms with van der Waals surface area (Å²) in [5, 5.41) is 11.6. The monoisotopic (exact) mass is 226 g/mol. The van der Waals surface area contributed by atoms with Crippen LogP contribution in [0, 0.1) is 17.2 Å². The maximum atomic E-state index is 11.5. The Morgan fingerprint density at radius 2 is 2.25 bits per heavy atom. The predicted octanol–water partition coefficient (Wildman–Crippen LogP) is 1.44. The number of nitrogens with zero attached hydrogens (tertiary/aromatic N) is 1. The molecule has 1 aliphatic rings. The smallest absolute Gasteiger partial charge is 0.407 e. The molecule has 1 rings (SSSR count). The third-order valence-electron chi connectivity index (χ3n) is 2.22. The van der Waals surface area contributed by atoms with Crippen LogP contribution >= 0.6 is 0 Å². The van der Waals surface area contributed by atoms with E-state index in [2.05, 4.69) is 11.4 Å². The Morgan fingerprint density at radius 1 is 1.56 bits per heavy atom. The van der Waals surface area contributed by atoms with Gasteiger partial charge >= 0.3 is 6.09 Å². The summed E-state index contributed by atoms with van der Waals surface area (Å²) in [5.41, 5.74) is -0.526. The lowest BCUT2D eigenvalue weighted by Gasteiger charge is -2.29. The molecule has 5 nitrogen and oxygen atoms in total. The summed E-state index contributed by atoms with van der Waals surface area (Å²) in [6, 6.07) is 1.90. The molecule has 0 aromatic carbocycles. The Labute approximate surface area is 95.7 Å². The van der Waals surface area contributed by atoms with Gasteiger partial charge in [0.15, 0.2) is 0 Å². The summed E-state index contributed by atoms with van der Waals surface area (Å²) in [4.78, 5) is 11.5. The van der Waals surface area contributed by atoms with E-state index in [1.165, 1.54) is 0 Å². The van der Waals surface area contributed by atoms with Gasteiger partial charge in [-0.05, 0) is 27.2 Å². The van der Waals surface area contributed by atoms with Crippen molar-refractivity contribution in [3.05, 3.63) is 0 Å². The first-order valence-electron chi connectivity index (χ1n) is 5.39. The molecule has 1 fully saturated rings. The summed E-state index contributed by atoms with van der Waals surface area (Å²) in [6.07, 6.45) is 0.153. The van der Waals surface area contributed by atoms with Crippen molar-refractivity contribution in [3.8, 4) is 6.07 Å². The van der Waals surface area contributed by atoms with Crippen LogP contribution in [0.2, 0.25) is 0 Å². The number of carbonyl (C=O) groups excluding carboxylic acids is 1. The number of nitrogens with one attached hydrogen (secondary N) is 1. The standard InChI is InChI=1S/C11H18N2O3/c1-11(2,3)16-10(14)13-9-7-15-5-4-8(9)6-12/h8-9H,4-5,7H2,1-3H3,(H,13,14)/t8-,9+/m0/s1. The average molecular weight is 226 g/mol. The van der Waals surface area contributed by atoms with E-state index in [4.69, 9.17) is 14.7 Å². The fourth-order valence-corrected chi connectivity index (χ4v) is 1.49. The van der Waals surface area contributed by atoms with Crippen LogP contribution < -0.4 is 5.32 Å². The fraction of sp³-hybridized carbons (Fsp3) is 0.818. The Bertz CT molecular complexity index is 291. The molecule has 0 saturated carbocycles. The Kier molecular flexibility index (Phi) is 4.13. The lowest BCUT2D eigenvalue weighted by atomic mass is 9.97. The highest BCUT2D eigenvalue weighted by atomic mass is 16.6. The summed E-state index contributed by atoms with van der Waals surface area (Å²) < 4.78 is 10.3. The number of amides is 1. The molecular formula is C11H18N2O3. The van der Waals surface area contributed by atoms with Gasteiger partial charge in [-0.15, -0.1) is 0 Å². The molecule has 2 atom stereocenters. The first kappa shape index (κ1) is 12.8. The van der Waals surface area contributed by atoms with Crippen molar-refractivity contribution in [2.75, 3.05) is 13.2 Å². The molecule has 1 amide bonds. The first-order chi connectivity index (χ1) is 7.42. The number of carbonyl (C=O) groups is 1. The number of ether oxygens (including phenoxy) is 2. The highest BCUT2D eigenvalue weighted by Crippen LogP contribution is 2.15. The third-order valence-corrected chi connectivity index (χ3v) is 2.22. The van der Waals surface area contributed by atoms with Gasteiger partial charge in [0.05, 0.1) is 24.6 Å². The van der Waals surface area contributed by atoms with Gasteiger partial charge in [0.2, 0.25) is 0 Å². The molecule has 1 N–H and O–H groups in total. The molecule has 0 aromatic heterocycles. The molecule has 16 heavy (non-hydrogen) atoms. The van der Waals surface area contributed by atoms with E-state index in [1.54, 1.807) is 20.8 Å². The molecule has 0 aromatic rings. The largest absolute Gasteiger partial charge is 0.444 e. The second-order valence-corrected chi connectivity index (χ2v) is 4.85. The van der Waals surface area contributed by atoms with Crippen molar-refractivity contribution in [3.63, 3.8) is 0 Å². The van der Waals surface area contributed by atoms with Crippen LogP contribution in [-0.4, -0.2) is 30.9 Å². The normalized spacial score (nSPS) is 25.6. The van der Waals surface area contributed by atoms with Crippen LogP contribution in [0.1, 0.15) is 27.2 Å². The predicted molar refractivity (Wildman–Crippen MR) is 57.7 cm³/mol. The number of alkyl carbamates (subject to hydrolysis) is 1. The minimum Gasteiger partial charge on any atom is -0.444 e. The number of hydrogen-bond donors (Lipinski definition) is 1. The van der Waals surface area contributed by atoms with E-state index in [1.807, 2.05) is 0 Å². The SMILES string of the molecule is CC(C)(C)OC(=O)N[C@@H]1COCC[C@H]1C#N. The van der Waals surface area contributed by atoms with Gasteiger partial charge in [-0.1, -0.05) is 0 Å². The molecule has 5 heteroatoms. The van der Waals surface area contributed by atoms with E-state index in [0.717, 1.165) is 0 Å². The Morgan fingerprint density at radius 3 is 2.81 bits per heavy atom. The van der Waals surface area contributed by atoms with Crippen molar-refractivity contribution in [1.82, 2.24) is 5.32 Å². The van der Waals surface area contributed by atoms with Gasteiger partial charge in [0.25, 0.3) is 0 Å². The zero-order valence-electron chi connectivity index (χ0n) is 9.95. The van der Waals surface area contributed by atoms with Crippen molar-refractivity contribution in [2.24, 2.45) is 5.92 Å². The molecule has 0 spiro atoms. The molecule has 1 heterocycles. The Balaban J connectivity index is 2.46. The maximum absolute atomic E-state index is 11.5. The van der Waals surface area contributed by atoms with Crippen LogP contribution in [0.25, 0.3) is 0 Å². The van der Waals surface area contributed by atoms with Gasteiger partial charge in [-0.2, -0.15) is 5.26 Å². The molecule has 1 saturated heterocycles. The van der Waals surface area contributed by atoms with Crippen molar-refractivity contribution >= 4 is 6.09 Å². The zero-order chi connectivity index (χ0) is 12.2. The third kappa shape index (κ3) is 4.07. The van der Waals surface area contributed by atoms with Crippen LogP contribution in [-0.2, 0) is 9.47 Å². The quantitative estimate of drug-likeness (QED) is 0.734.